The third-order valence-corrected chi connectivity index (χ3v) is 6.85. The molecular formula is C25H28N2O4S. The summed E-state index contributed by atoms with van der Waals surface area (Å²) in [5.74, 6) is 0.398. The summed E-state index contributed by atoms with van der Waals surface area (Å²) in [6.07, 6.45) is 0.776. The molecule has 0 bridgehead atoms. The van der Waals surface area contributed by atoms with E-state index in [0.29, 0.717) is 23.7 Å². The summed E-state index contributed by atoms with van der Waals surface area (Å²) in [4.78, 5) is 14.8. The van der Waals surface area contributed by atoms with Gasteiger partial charge in [-0.2, -0.15) is 0 Å². The molecular weight excluding hydrogens is 424 g/mol. The Morgan fingerprint density at radius 2 is 1.81 bits per heavy atom. The minimum absolute atomic E-state index is 0.0335. The van der Waals surface area contributed by atoms with Crippen LogP contribution in [-0.4, -0.2) is 27.5 Å². The Labute approximate surface area is 189 Å². The highest BCUT2D eigenvalue weighted by Gasteiger charge is 2.37. The molecule has 0 fully saturated rings. The van der Waals surface area contributed by atoms with E-state index in [0.717, 1.165) is 22.8 Å². The van der Waals surface area contributed by atoms with E-state index >= 15 is 0 Å². The lowest BCUT2D eigenvalue weighted by Gasteiger charge is -2.28. The zero-order chi connectivity index (χ0) is 22.9. The van der Waals surface area contributed by atoms with E-state index in [2.05, 4.69) is 4.72 Å². The zero-order valence-electron chi connectivity index (χ0n) is 18.6. The van der Waals surface area contributed by atoms with Crippen molar-refractivity contribution in [3.05, 3.63) is 66.2 Å². The van der Waals surface area contributed by atoms with Gasteiger partial charge in [-0.15, -0.1) is 0 Å². The van der Waals surface area contributed by atoms with Crippen LogP contribution in [0.2, 0.25) is 0 Å². The van der Waals surface area contributed by atoms with Gasteiger partial charge in [-0.25, -0.2) is 8.42 Å². The van der Waals surface area contributed by atoms with Crippen LogP contribution in [0.1, 0.15) is 32.8 Å². The molecule has 0 saturated heterocycles. The monoisotopic (exact) mass is 452 g/mol. The van der Waals surface area contributed by atoms with Crippen LogP contribution < -0.4 is 14.4 Å². The standard InChI is InChI=1S/C25H28N2O4S/c1-4-14-27-22-15-20(12-13-23(22)31-17-25(2,3)24(27)28)26-32(29,30)16-19-10-7-9-18-8-5-6-11-21(18)19/h5-13,15,26H,4,14,16-17H2,1-3H3. The molecule has 7 heteroatoms. The molecule has 168 valence electrons. The molecule has 0 unspecified atom stereocenters. The lowest BCUT2D eigenvalue weighted by molar-refractivity contribution is -0.127. The van der Waals surface area contributed by atoms with Crippen LogP contribution in [0.3, 0.4) is 0 Å². The van der Waals surface area contributed by atoms with Crippen molar-refractivity contribution in [2.75, 3.05) is 22.8 Å². The first kappa shape index (κ1) is 22.1. The van der Waals surface area contributed by atoms with Crippen molar-refractivity contribution in [1.29, 1.82) is 0 Å². The van der Waals surface area contributed by atoms with E-state index in [4.69, 9.17) is 4.74 Å². The smallest absolute Gasteiger partial charge is 0.236 e. The van der Waals surface area contributed by atoms with E-state index in [-0.39, 0.29) is 18.3 Å². The Morgan fingerprint density at radius 3 is 2.59 bits per heavy atom. The number of hydrogen-bond donors (Lipinski definition) is 1. The highest BCUT2D eigenvalue weighted by molar-refractivity contribution is 7.91. The second-order valence-corrected chi connectivity index (χ2v) is 10.5. The van der Waals surface area contributed by atoms with Gasteiger partial charge < -0.3 is 9.64 Å². The normalized spacial score (nSPS) is 15.7. The number of amides is 1. The molecule has 1 aliphatic heterocycles. The van der Waals surface area contributed by atoms with Crippen molar-refractivity contribution in [1.82, 2.24) is 0 Å². The fourth-order valence-corrected chi connectivity index (χ4v) is 5.21. The molecule has 1 heterocycles. The fraction of sp³-hybridized carbons (Fsp3) is 0.320. The van der Waals surface area contributed by atoms with Gasteiger partial charge in [0.05, 0.1) is 22.5 Å². The number of carbonyl (C=O) groups excluding carboxylic acids is 1. The van der Waals surface area contributed by atoms with E-state index < -0.39 is 15.4 Å². The molecule has 0 aromatic heterocycles. The average molecular weight is 453 g/mol. The number of rotatable bonds is 6. The maximum Gasteiger partial charge on any atom is 0.236 e. The molecule has 0 atom stereocenters. The van der Waals surface area contributed by atoms with Crippen molar-refractivity contribution in [2.45, 2.75) is 32.9 Å². The van der Waals surface area contributed by atoms with Gasteiger partial charge in [0, 0.05) is 6.54 Å². The van der Waals surface area contributed by atoms with Crippen LogP contribution in [0.15, 0.2) is 60.7 Å². The summed E-state index contributed by atoms with van der Waals surface area (Å²) in [5, 5.41) is 1.91. The van der Waals surface area contributed by atoms with E-state index in [1.165, 1.54) is 0 Å². The lowest BCUT2D eigenvalue weighted by Crippen LogP contribution is -2.42. The van der Waals surface area contributed by atoms with Crippen molar-refractivity contribution >= 4 is 38.1 Å². The molecule has 1 N–H and O–H groups in total. The first-order valence-corrected chi connectivity index (χ1v) is 12.4. The van der Waals surface area contributed by atoms with E-state index in [9.17, 15) is 13.2 Å². The Morgan fingerprint density at radius 1 is 1.06 bits per heavy atom. The first-order valence-electron chi connectivity index (χ1n) is 10.8. The molecule has 0 saturated carbocycles. The topological polar surface area (TPSA) is 75.7 Å². The number of carbonyl (C=O) groups is 1. The zero-order valence-corrected chi connectivity index (χ0v) is 19.4. The van der Waals surface area contributed by atoms with Crippen LogP contribution in [0.5, 0.6) is 5.75 Å². The Hall–Kier alpha value is -3.06. The average Bonchev–Trinajstić information content (AvgIpc) is 2.84. The van der Waals surface area contributed by atoms with Crippen LogP contribution in [-0.2, 0) is 20.6 Å². The van der Waals surface area contributed by atoms with Crippen LogP contribution in [0.25, 0.3) is 10.8 Å². The molecule has 0 spiro atoms. The van der Waals surface area contributed by atoms with Gasteiger partial charge in [-0.1, -0.05) is 49.4 Å². The number of hydrogen-bond acceptors (Lipinski definition) is 4. The molecule has 1 aliphatic rings. The highest BCUT2D eigenvalue weighted by atomic mass is 32.2. The number of nitrogens with zero attached hydrogens (tertiary/aromatic N) is 1. The van der Waals surface area contributed by atoms with E-state index in [1.54, 1.807) is 23.1 Å². The largest absolute Gasteiger partial charge is 0.490 e. The highest BCUT2D eigenvalue weighted by Crippen LogP contribution is 2.38. The predicted molar refractivity (Wildman–Crippen MR) is 129 cm³/mol. The fourth-order valence-electron chi connectivity index (χ4n) is 3.99. The van der Waals surface area contributed by atoms with Crippen molar-refractivity contribution in [2.24, 2.45) is 5.41 Å². The van der Waals surface area contributed by atoms with Crippen molar-refractivity contribution in [3.63, 3.8) is 0 Å². The number of anilines is 2. The molecule has 6 nitrogen and oxygen atoms in total. The molecule has 0 radical (unpaired) electrons. The summed E-state index contributed by atoms with van der Waals surface area (Å²) < 4.78 is 34.6. The maximum absolute atomic E-state index is 13.1. The van der Waals surface area contributed by atoms with Crippen LogP contribution >= 0.6 is 0 Å². The second-order valence-electron chi connectivity index (χ2n) is 8.81. The third kappa shape index (κ3) is 4.43. The number of sulfonamides is 1. The van der Waals surface area contributed by atoms with Gasteiger partial charge in [0.15, 0.2) is 0 Å². The summed E-state index contributed by atoms with van der Waals surface area (Å²) >= 11 is 0. The van der Waals surface area contributed by atoms with Gasteiger partial charge in [0.2, 0.25) is 15.9 Å². The van der Waals surface area contributed by atoms with E-state index in [1.807, 2.05) is 63.2 Å². The molecule has 3 aromatic carbocycles. The molecule has 32 heavy (non-hydrogen) atoms. The van der Waals surface area contributed by atoms with Gasteiger partial charge in [-0.05, 0) is 54.8 Å². The summed E-state index contributed by atoms with van der Waals surface area (Å²) in [7, 11) is -3.68. The quantitative estimate of drug-likeness (QED) is 0.575. The summed E-state index contributed by atoms with van der Waals surface area (Å²) in [5.41, 5.74) is 1.06. The molecule has 1 amide bonds. The summed E-state index contributed by atoms with van der Waals surface area (Å²) in [6, 6.07) is 18.5. The number of fused-ring (bicyclic) bond motifs is 2. The Kier molecular flexibility index (Phi) is 5.86. The molecule has 3 aromatic rings. The summed E-state index contributed by atoms with van der Waals surface area (Å²) in [6.45, 7) is 6.52. The van der Waals surface area contributed by atoms with Crippen LogP contribution in [0, 0.1) is 5.41 Å². The van der Waals surface area contributed by atoms with Gasteiger partial charge in [-0.3, -0.25) is 9.52 Å². The number of ether oxygens (including phenoxy) is 1. The lowest BCUT2D eigenvalue weighted by atomic mass is 9.93. The Balaban J connectivity index is 1.64. The van der Waals surface area contributed by atoms with Gasteiger partial charge in [0.25, 0.3) is 0 Å². The maximum atomic E-state index is 13.1. The number of nitrogens with one attached hydrogen (secondary N) is 1. The van der Waals surface area contributed by atoms with Crippen molar-refractivity contribution in [3.8, 4) is 5.75 Å². The molecule has 0 aliphatic carbocycles. The van der Waals surface area contributed by atoms with Gasteiger partial charge >= 0.3 is 0 Å². The minimum atomic E-state index is -3.68. The minimum Gasteiger partial charge on any atom is -0.490 e. The predicted octanol–water partition coefficient (Wildman–Crippen LogP) is 4.94. The SMILES string of the molecule is CCCN1C(=O)C(C)(C)COc2ccc(NS(=O)(=O)Cc3cccc4ccccc34)cc21. The second kappa shape index (κ2) is 8.47. The van der Waals surface area contributed by atoms with Gasteiger partial charge in [0.1, 0.15) is 12.4 Å². The number of benzene rings is 3. The van der Waals surface area contributed by atoms with Crippen LogP contribution in [0.4, 0.5) is 11.4 Å². The van der Waals surface area contributed by atoms with Crippen molar-refractivity contribution < 1.29 is 17.9 Å². The third-order valence-electron chi connectivity index (χ3n) is 5.61. The first-order chi connectivity index (χ1) is 15.2. The Bertz CT molecular complexity index is 1260. The molecule has 4 rings (SSSR count).